The predicted molar refractivity (Wildman–Crippen MR) is 89.7 cm³/mol. The van der Waals surface area contributed by atoms with Gasteiger partial charge in [0.2, 0.25) is 0 Å². The lowest BCUT2D eigenvalue weighted by Crippen LogP contribution is -2.35. The summed E-state index contributed by atoms with van der Waals surface area (Å²) in [6, 6.07) is 11.6. The summed E-state index contributed by atoms with van der Waals surface area (Å²) in [5.74, 6) is -0.0106. The quantitative estimate of drug-likeness (QED) is 0.880. The zero-order chi connectivity index (χ0) is 17.3. The Hall–Kier alpha value is -3.15. The van der Waals surface area contributed by atoms with Crippen LogP contribution >= 0.6 is 0 Å². The van der Waals surface area contributed by atoms with Crippen molar-refractivity contribution < 1.29 is 19.1 Å². The molecule has 0 atom stereocenters. The molecule has 2 amide bonds. The topological polar surface area (TPSA) is 75.7 Å². The number of amides is 2. The van der Waals surface area contributed by atoms with E-state index < -0.39 is 0 Å². The summed E-state index contributed by atoms with van der Waals surface area (Å²) in [5, 5.41) is 2.75. The first kappa shape index (κ1) is 15.7. The molecule has 1 aliphatic rings. The van der Waals surface area contributed by atoms with Crippen LogP contribution in [-0.4, -0.2) is 31.3 Å². The molecule has 1 heterocycles. The van der Waals surface area contributed by atoms with Gasteiger partial charge in [0.25, 0.3) is 11.8 Å². The molecule has 24 heavy (non-hydrogen) atoms. The molecule has 3 rings (SSSR count). The van der Waals surface area contributed by atoms with Crippen molar-refractivity contribution in [2.75, 3.05) is 23.9 Å². The van der Waals surface area contributed by atoms with Crippen molar-refractivity contribution in [3.8, 4) is 5.75 Å². The number of carbonyl (C=O) groups excluding carboxylic acids is 3. The number of rotatable bonds is 3. The second kappa shape index (κ2) is 6.16. The number of carbonyl (C=O) groups is 3. The number of Topliss-reactive ketones (excluding diaryl/α,β-unsaturated/α-hetero) is 1. The second-order valence-electron chi connectivity index (χ2n) is 5.52. The van der Waals surface area contributed by atoms with Gasteiger partial charge in [-0.2, -0.15) is 0 Å². The summed E-state index contributed by atoms with van der Waals surface area (Å²) in [6.07, 6.45) is 0. The first-order valence-corrected chi connectivity index (χ1v) is 7.41. The van der Waals surface area contributed by atoms with E-state index in [9.17, 15) is 14.4 Å². The van der Waals surface area contributed by atoms with Crippen LogP contribution in [0.15, 0.2) is 42.5 Å². The molecule has 0 saturated carbocycles. The van der Waals surface area contributed by atoms with Gasteiger partial charge in [-0.3, -0.25) is 14.4 Å². The summed E-state index contributed by atoms with van der Waals surface area (Å²) < 4.78 is 5.34. The third-order valence-corrected chi connectivity index (χ3v) is 3.83. The Morgan fingerprint density at radius 1 is 1.12 bits per heavy atom. The highest BCUT2D eigenvalue weighted by Gasteiger charge is 2.23. The van der Waals surface area contributed by atoms with Crippen LogP contribution in [0.1, 0.15) is 27.6 Å². The van der Waals surface area contributed by atoms with Crippen LogP contribution in [0.3, 0.4) is 0 Å². The van der Waals surface area contributed by atoms with E-state index >= 15 is 0 Å². The smallest absolute Gasteiger partial charge is 0.264 e. The van der Waals surface area contributed by atoms with Gasteiger partial charge in [0, 0.05) is 23.9 Å². The van der Waals surface area contributed by atoms with E-state index in [1.807, 2.05) is 0 Å². The lowest BCUT2D eigenvalue weighted by Gasteiger charge is -2.26. The lowest BCUT2D eigenvalue weighted by molar-refractivity contribution is -0.120. The van der Waals surface area contributed by atoms with Gasteiger partial charge in [-0.1, -0.05) is 12.1 Å². The first-order valence-electron chi connectivity index (χ1n) is 7.41. The Morgan fingerprint density at radius 3 is 2.67 bits per heavy atom. The Kier molecular flexibility index (Phi) is 4.04. The number of ketones is 1. The lowest BCUT2D eigenvalue weighted by atomic mass is 10.1. The summed E-state index contributed by atoms with van der Waals surface area (Å²) >= 11 is 0. The number of anilines is 2. The van der Waals surface area contributed by atoms with E-state index in [4.69, 9.17) is 4.74 Å². The zero-order valence-electron chi connectivity index (χ0n) is 13.3. The Balaban J connectivity index is 1.85. The zero-order valence-corrected chi connectivity index (χ0v) is 13.3. The minimum Gasteiger partial charge on any atom is -0.482 e. The van der Waals surface area contributed by atoms with Gasteiger partial charge in [-0.05, 0) is 37.3 Å². The molecule has 1 aliphatic heterocycles. The molecule has 0 bridgehead atoms. The summed E-state index contributed by atoms with van der Waals surface area (Å²) in [4.78, 5) is 37.0. The SMILES string of the molecule is CC(=O)c1cccc(NC(=O)c2ccc3c(c2)N(C)C(=O)CO3)c1. The van der Waals surface area contributed by atoms with E-state index in [1.54, 1.807) is 49.5 Å². The molecule has 6 heteroatoms. The van der Waals surface area contributed by atoms with E-state index in [1.165, 1.54) is 11.8 Å². The first-order chi connectivity index (χ1) is 11.5. The molecule has 0 unspecified atom stereocenters. The maximum atomic E-state index is 12.4. The number of fused-ring (bicyclic) bond motifs is 1. The van der Waals surface area contributed by atoms with Crippen molar-refractivity contribution in [1.29, 1.82) is 0 Å². The van der Waals surface area contributed by atoms with Crippen LogP contribution in [0.25, 0.3) is 0 Å². The summed E-state index contributed by atoms with van der Waals surface area (Å²) in [6.45, 7) is 1.46. The van der Waals surface area contributed by atoms with E-state index in [-0.39, 0.29) is 24.2 Å². The maximum Gasteiger partial charge on any atom is 0.264 e. The molecular weight excluding hydrogens is 308 g/mol. The molecule has 2 aromatic carbocycles. The number of benzene rings is 2. The van der Waals surface area contributed by atoms with Gasteiger partial charge in [0.05, 0.1) is 5.69 Å². The van der Waals surface area contributed by atoms with Crippen LogP contribution in [-0.2, 0) is 4.79 Å². The van der Waals surface area contributed by atoms with Crippen molar-refractivity contribution in [3.05, 3.63) is 53.6 Å². The molecule has 6 nitrogen and oxygen atoms in total. The highest BCUT2D eigenvalue weighted by Crippen LogP contribution is 2.32. The molecule has 2 aromatic rings. The third-order valence-electron chi connectivity index (χ3n) is 3.83. The summed E-state index contributed by atoms with van der Waals surface area (Å²) in [7, 11) is 1.64. The standard InChI is InChI=1S/C18H16N2O4/c1-11(21)12-4-3-5-14(8-12)19-18(23)13-6-7-16-15(9-13)20(2)17(22)10-24-16/h3-9H,10H2,1-2H3,(H,19,23). The highest BCUT2D eigenvalue weighted by molar-refractivity contribution is 6.07. The fourth-order valence-corrected chi connectivity index (χ4v) is 2.43. The van der Waals surface area contributed by atoms with Crippen LogP contribution in [0.2, 0.25) is 0 Å². The molecule has 0 saturated heterocycles. The minimum atomic E-state index is -0.329. The van der Waals surface area contributed by atoms with Gasteiger partial charge in [-0.25, -0.2) is 0 Å². The van der Waals surface area contributed by atoms with Gasteiger partial charge >= 0.3 is 0 Å². The van der Waals surface area contributed by atoms with Crippen LogP contribution in [0.5, 0.6) is 5.75 Å². The van der Waals surface area contributed by atoms with E-state index in [2.05, 4.69) is 5.32 Å². The molecule has 0 aliphatic carbocycles. The monoisotopic (exact) mass is 324 g/mol. The number of nitrogens with one attached hydrogen (secondary N) is 1. The number of nitrogens with zero attached hydrogens (tertiary/aromatic N) is 1. The van der Waals surface area contributed by atoms with Crippen molar-refractivity contribution in [1.82, 2.24) is 0 Å². The largest absolute Gasteiger partial charge is 0.482 e. The normalized spacial score (nSPS) is 13.1. The molecule has 0 spiro atoms. The maximum absolute atomic E-state index is 12.4. The van der Waals surface area contributed by atoms with Crippen molar-refractivity contribution in [3.63, 3.8) is 0 Å². The molecule has 0 radical (unpaired) electrons. The second-order valence-corrected chi connectivity index (χ2v) is 5.52. The van der Waals surface area contributed by atoms with Gasteiger partial charge < -0.3 is 15.0 Å². The fourth-order valence-electron chi connectivity index (χ4n) is 2.43. The third kappa shape index (κ3) is 2.99. The summed E-state index contributed by atoms with van der Waals surface area (Å²) in [5.41, 5.74) is 2.01. The predicted octanol–water partition coefficient (Wildman–Crippen LogP) is 2.50. The molecule has 0 aromatic heterocycles. The molecule has 122 valence electrons. The van der Waals surface area contributed by atoms with Crippen LogP contribution in [0, 0.1) is 0 Å². The van der Waals surface area contributed by atoms with Crippen molar-refractivity contribution in [2.24, 2.45) is 0 Å². The Morgan fingerprint density at radius 2 is 1.92 bits per heavy atom. The van der Waals surface area contributed by atoms with Gasteiger partial charge in [0.15, 0.2) is 12.4 Å². The Bertz CT molecular complexity index is 845. The molecule has 1 N–H and O–H groups in total. The highest BCUT2D eigenvalue weighted by atomic mass is 16.5. The molecule has 0 fully saturated rings. The van der Waals surface area contributed by atoms with E-state index in [0.717, 1.165) is 0 Å². The average Bonchev–Trinajstić information content (AvgIpc) is 2.58. The number of hydrogen-bond donors (Lipinski definition) is 1. The minimum absolute atomic E-state index is 0.00706. The number of ether oxygens (including phenoxy) is 1. The number of likely N-dealkylation sites (N-methyl/N-ethyl adjacent to an activating group) is 1. The fraction of sp³-hybridized carbons (Fsp3) is 0.167. The average molecular weight is 324 g/mol. The van der Waals surface area contributed by atoms with Gasteiger partial charge in [-0.15, -0.1) is 0 Å². The van der Waals surface area contributed by atoms with Crippen LogP contribution in [0.4, 0.5) is 11.4 Å². The number of hydrogen-bond acceptors (Lipinski definition) is 4. The van der Waals surface area contributed by atoms with Crippen LogP contribution < -0.4 is 15.0 Å². The van der Waals surface area contributed by atoms with Crippen molar-refractivity contribution >= 4 is 29.0 Å². The Labute approximate surface area is 139 Å². The van der Waals surface area contributed by atoms with E-state index in [0.29, 0.717) is 28.3 Å². The van der Waals surface area contributed by atoms with Gasteiger partial charge in [0.1, 0.15) is 5.75 Å². The van der Waals surface area contributed by atoms with Crippen molar-refractivity contribution in [2.45, 2.75) is 6.92 Å². The molecular formula is C18H16N2O4.